The highest BCUT2D eigenvalue weighted by molar-refractivity contribution is 5.03. The number of aromatic nitrogens is 1. The monoisotopic (exact) mass is 248 g/mol. The van der Waals surface area contributed by atoms with Gasteiger partial charge < -0.3 is 10.0 Å². The molecule has 0 saturated heterocycles. The van der Waals surface area contributed by atoms with E-state index in [-0.39, 0.29) is 6.10 Å². The van der Waals surface area contributed by atoms with Crippen molar-refractivity contribution >= 4 is 0 Å². The van der Waals surface area contributed by atoms with E-state index in [2.05, 4.69) is 23.0 Å². The van der Waals surface area contributed by atoms with Gasteiger partial charge in [0.1, 0.15) is 0 Å². The van der Waals surface area contributed by atoms with Gasteiger partial charge in [0, 0.05) is 19.3 Å². The van der Waals surface area contributed by atoms with E-state index >= 15 is 0 Å². The lowest BCUT2D eigenvalue weighted by Crippen LogP contribution is -2.32. The smallest absolute Gasteiger partial charge is 0.0580 e. The van der Waals surface area contributed by atoms with Crippen LogP contribution in [0.4, 0.5) is 0 Å². The molecule has 2 atom stereocenters. The Morgan fingerprint density at radius 3 is 2.89 bits per heavy atom. The molecular formula is C15H24N2O. The number of hydrogen-bond donors (Lipinski definition) is 1. The van der Waals surface area contributed by atoms with Crippen molar-refractivity contribution in [2.45, 2.75) is 44.8 Å². The van der Waals surface area contributed by atoms with Crippen molar-refractivity contribution in [3.05, 3.63) is 30.1 Å². The van der Waals surface area contributed by atoms with Crippen LogP contribution in [0.2, 0.25) is 0 Å². The van der Waals surface area contributed by atoms with Crippen molar-refractivity contribution in [1.82, 2.24) is 9.88 Å². The molecule has 1 aliphatic rings. The molecule has 0 amide bonds. The summed E-state index contributed by atoms with van der Waals surface area (Å²) in [5, 5.41) is 10.1. The molecule has 2 unspecified atom stereocenters. The molecule has 0 spiro atoms. The summed E-state index contributed by atoms with van der Waals surface area (Å²) in [6.45, 7) is 1.84. The van der Waals surface area contributed by atoms with E-state index in [4.69, 9.17) is 0 Å². The van der Waals surface area contributed by atoms with Gasteiger partial charge in [0.05, 0.1) is 11.8 Å². The molecular weight excluding hydrogens is 224 g/mol. The zero-order chi connectivity index (χ0) is 12.8. The second-order valence-corrected chi connectivity index (χ2v) is 5.48. The van der Waals surface area contributed by atoms with E-state index in [0.29, 0.717) is 5.92 Å². The Kier molecular flexibility index (Phi) is 5.14. The Bertz CT molecular complexity index is 342. The van der Waals surface area contributed by atoms with E-state index in [0.717, 1.165) is 31.6 Å². The SMILES string of the molecule is CN(Cc1ccccn1)CC1CCCCCC1O. The van der Waals surface area contributed by atoms with Crippen molar-refractivity contribution in [2.24, 2.45) is 5.92 Å². The molecule has 2 rings (SSSR count). The zero-order valence-corrected chi connectivity index (χ0v) is 11.3. The minimum atomic E-state index is -0.112. The molecule has 1 heterocycles. The summed E-state index contributed by atoms with van der Waals surface area (Å²) < 4.78 is 0. The third kappa shape index (κ3) is 4.07. The summed E-state index contributed by atoms with van der Waals surface area (Å²) in [6, 6.07) is 6.02. The Morgan fingerprint density at radius 1 is 1.28 bits per heavy atom. The van der Waals surface area contributed by atoms with Crippen LogP contribution in [0.25, 0.3) is 0 Å². The first-order valence-corrected chi connectivity index (χ1v) is 7.02. The Morgan fingerprint density at radius 2 is 2.11 bits per heavy atom. The molecule has 1 N–H and O–H groups in total. The molecule has 1 saturated carbocycles. The van der Waals surface area contributed by atoms with E-state index in [1.54, 1.807) is 0 Å². The predicted octanol–water partition coefficient (Wildman–Crippen LogP) is 2.45. The quantitative estimate of drug-likeness (QED) is 0.832. The predicted molar refractivity (Wildman–Crippen MR) is 73.2 cm³/mol. The highest BCUT2D eigenvalue weighted by Gasteiger charge is 2.22. The van der Waals surface area contributed by atoms with Crippen molar-refractivity contribution in [3.63, 3.8) is 0 Å². The fourth-order valence-electron chi connectivity index (χ4n) is 2.81. The first-order valence-electron chi connectivity index (χ1n) is 7.02. The van der Waals surface area contributed by atoms with Crippen molar-refractivity contribution in [2.75, 3.05) is 13.6 Å². The van der Waals surface area contributed by atoms with Gasteiger partial charge in [0.15, 0.2) is 0 Å². The third-order valence-electron chi connectivity index (χ3n) is 3.82. The highest BCUT2D eigenvalue weighted by Crippen LogP contribution is 2.24. The van der Waals surface area contributed by atoms with Gasteiger partial charge in [-0.15, -0.1) is 0 Å². The van der Waals surface area contributed by atoms with E-state index in [9.17, 15) is 5.11 Å². The van der Waals surface area contributed by atoms with Crippen LogP contribution in [-0.2, 0) is 6.54 Å². The normalized spacial score (nSPS) is 25.1. The van der Waals surface area contributed by atoms with Gasteiger partial charge >= 0.3 is 0 Å². The lowest BCUT2D eigenvalue weighted by atomic mass is 9.97. The first-order chi connectivity index (χ1) is 8.75. The molecule has 0 aliphatic heterocycles. The number of aliphatic hydroxyl groups excluding tert-OH is 1. The number of hydrogen-bond acceptors (Lipinski definition) is 3. The van der Waals surface area contributed by atoms with Crippen LogP contribution in [0, 0.1) is 5.92 Å². The Labute approximate surface area is 110 Å². The van der Waals surface area contributed by atoms with Gasteiger partial charge in [0.25, 0.3) is 0 Å². The largest absolute Gasteiger partial charge is 0.393 e. The topological polar surface area (TPSA) is 36.4 Å². The van der Waals surface area contributed by atoms with Gasteiger partial charge in [-0.1, -0.05) is 25.3 Å². The summed E-state index contributed by atoms with van der Waals surface area (Å²) >= 11 is 0. The lowest BCUT2D eigenvalue weighted by Gasteiger charge is -2.26. The average molecular weight is 248 g/mol. The van der Waals surface area contributed by atoms with Crippen LogP contribution in [0.1, 0.15) is 37.8 Å². The van der Waals surface area contributed by atoms with Gasteiger partial charge in [-0.2, -0.15) is 0 Å². The van der Waals surface area contributed by atoms with Crippen LogP contribution in [-0.4, -0.2) is 34.7 Å². The standard InChI is InChI=1S/C15H24N2O/c1-17(12-14-8-5-6-10-16-14)11-13-7-3-2-4-9-15(13)18/h5-6,8,10,13,15,18H,2-4,7,9,11-12H2,1H3. The van der Waals surface area contributed by atoms with Gasteiger partial charge in [-0.05, 0) is 37.9 Å². The maximum atomic E-state index is 10.1. The fraction of sp³-hybridized carbons (Fsp3) is 0.667. The summed E-state index contributed by atoms with van der Waals surface area (Å²) in [5.74, 6) is 0.432. The molecule has 100 valence electrons. The summed E-state index contributed by atoms with van der Waals surface area (Å²) in [6.07, 6.45) is 7.58. The van der Waals surface area contributed by atoms with Crippen molar-refractivity contribution in [1.29, 1.82) is 0 Å². The second kappa shape index (κ2) is 6.86. The molecule has 1 aliphatic carbocycles. The van der Waals surface area contributed by atoms with Crippen molar-refractivity contribution in [3.8, 4) is 0 Å². The second-order valence-electron chi connectivity index (χ2n) is 5.48. The molecule has 1 aromatic rings. The van der Waals surface area contributed by atoms with E-state index in [1.165, 1.54) is 19.3 Å². The molecule has 1 fully saturated rings. The Balaban J connectivity index is 1.84. The molecule has 0 bridgehead atoms. The summed E-state index contributed by atoms with van der Waals surface area (Å²) in [7, 11) is 2.12. The van der Waals surface area contributed by atoms with Crippen LogP contribution in [0.5, 0.6) is 0 Å². The van der Waals surface area contributed by atoms with E-state index < -0.39 is 0 Å². The van der Waals surface area contributed by atoms with Crippen LogP contribution in [0.3, 0.4) is 0 Å². The zero-order valence-electron chi connectivity index (χ0n) is 11.3. The maximum Gasteiger partial charge on any atom is 0.0580 e. The number of pyridine rings is 1. The molecule has 0 radical (unpaired) electrons. The Hall–Kier alpha value is -0.930. The van der Waals surface area contributed by atoms with Crippen LogP contribution < -0.4 is 0 Å². The maximum absolute atomic E-state index is 10.1. The summed E-state index contributed by atoms with van der Waals surface area (Å²) in [5.41, 5.74) is 1.10. The van der Waals surface area contributed by atoms with Gasteiger partial charge in [0.2, 0.25) is 0 Å². The van der Waals surface area contributed by atoms with Crippen LogP contribution in [0.15, 0.2) is 24.4 Å². The molecule has 18 heavy (non-hydrogen) atoms. The summed E-state index contributed by atoms with van der Waals surface area (Å²) in [4.78, 5) is 6.62. The molecule has 0 aromatic carbocycles. The van der Waals surface area contributed by atoms with Gasteiger partial charge in [-0.25, -0.2) is 0 Å². The highest BCUT2D eigenvalue weighted by atomic mass is 16.3. The number of aliphatic hydroxyl groups is 1. The van der Waals surface area contributed by atoms with E-state index in [1.807, 2.05) is 18.3 Å². The fourth-order valence-corrected chi connectivity index (χ4v) is 2.81. The minimum Gasteiger partial charge on any atom is -0.393 e. The third-order valence-corrected chi connectivity index (χ3v) is 3.82. The molecule has 1 aromatic heterocycles. The number of nitrogens with zero attached hydrogens (tertiary/aromatic N) is 2. The van der Waals surface area contributed by atoms with Crippen LogP contribution >= 0.6 is 0 Å². The minimum absolute atomic E-state index is 0.112. The molecule has 3 heteroatoms. The van der Waals surface area contributed by atoms with Crippen molar-refractivity contribution < 1.29 is 5.11 Å². The first kappa shape index (κ1) is 13.5. The number of rotatable bonds is 4. The molecule has 3 nitrogen and oxygen atoms in total. The lowest BCUT2D eigenvalue weighted by molar-refractivity contribution is 0.0777. The van der Waals surface area contributed by atoms with Gasteiger partial charge in [-0.3, -0.25) is 4.98 Å². The average Bonchev–Trinajstić information content (AvgIpc) is 2.56.